The number of alkyl halides is 2. The molecule has 0 aliphatic heterocycles. The molecule has 0 unspecified atom stereocenters. The lowest BCUT2D eigenvalue weighted by Crippen LogP contribution is -2.60. The number of benzene rings is 1. The van der Waals surface area contributed by atoms with Gasteiger partial charge in [-0.25, -0.2) is 4.98 Å². The number of aromatic nitrogens is 3. The van der Waals surface area contributed by atoms with Crippen molar-refractivity contribution in [1.82, 2.24) is 20.5 Å². The second kappa shape index (κ2) is 5.69. The lowest BCUT2D eigenvalue weighted by Gasteiger charge is -2.41. The molecule has 1 aromatic carbocycles. The van der Waals surface area contributed by atoms with Crippen molar-refractivity contribution in [3.63, 3.8) is 0 Å². The number of hydrogen-bond acceptors (Lipinski definition) is 4. The zero-order chi connectivity index (χ0) is 16.5. The zero-order valence-corrected chi connectivity index (χ0v) is 12.2. The number of aromatic amines is 1. The molecule has 23 heavy (non-hydrogen) atoms. The summed E-state index contributed by atoms with van der Waals surface area (Å²) in [7, 11) is 0. The summed E-state index contributed by atoms with van der Waals surface area (Å²) in [5.41, 5.74) is -0.738. The summed E-state index contributed by atoms with van der Waals surface area (Å²) in [5, 5.41) is 18.4. The molecule has 0 spiro atoms. The number of hydrogen-bond donors (Lipinski definition) is 3. The van der Waals surface area contributed by atoms with Crippen molar-refractivity contribution in [2.45, 2.75) is 37.3 Å². The molecule has 3 N–H and O–H groups in total. The van der Waals surface area contributed by atoms with Gasteiger partial charge < -0.3 is 10.4 Å². The van der Waals surface area contributed by atoms with Gasteiger partial charge in [0, 0.05) is 12.1 Å². The molecule has 0 radical (unpaired) electrons. The normalized spacial score (nSPS) is 16.7. The Kier molecular flexibility index (Phi) is 3.85. The molecule has 1 aliphatic rings. The van der Waals surface area contributed by atoms with Crippen molar-refractivity contribution in [2.75, 3.05) is 0 Å². The van der Waals surface area contributed by atoms with Crippen LogP contribution < -0.4 is 5.32 Å². The van der Waals surface area contributed by atoms with E-state index in [1.54, 1.807) is 24.3 Å². The first-order valence-electron chi connectivity index (χ1n) is 7.25. The van der Waals surface area contributed by atoms with Gasteiger partial charge in [-0.05, 0) is 24.8 Å². The number of carbonyl (C=O) groups excluding carboxylic acids is 1. The highest BCUT2D eigenvalue weighted by Crippen LogP contribution is 2.44. The quantitative estimate of drug-likeness (QED) is 0.780. The molecule has 1 fully saturated rings. The number of aliphatic hydroxyl groups is 1. The number of amides is 1. The van der Waals surface area contributed by atoms with Crippen LogP contribution in [0.3, 0.4) is 0 Å². The summed E-state index contributed by atoms with van der Waals surface area (Å²) in [4.78, 5) is 15.7. The second-order valence-electron chi connectivity index (χ2n) is 5.67. The maximum atomic E-state index is 13.9. The van der Waals surface area contributed by atoms with Gasteiger partial charge in [0.2, 0.25) is 0 Å². The van der Waals surface area contributed by atoms with E-state index in [1.165, 1.54) is 6.33 Å². The van der Waals surface area contributed by atoms with Gasteiger partial charge in [0.25, 0.3) is 5.91 Å². The minimum Gasteiger partial charge on any atom is -0.383 e. The SMILES string of the molecule is O=C(NCc1ccc(-c2ncn[nH]2)cc1)C(F)(F)C1(O)CCC1. The van der Waals surface area contributed by atoms with E-state index in [0.29, 0.717) is 17.8 Å². The Morgan fingerprint density at radius 3 is 2.57 bits per heavy atom. The van der Waals surface area contributed by atoms with Crippen LogP contribution in [0.5, 0.6) is 0 Å². The van der Waals surface area contributed by atoms with E-state index >= 15 is 0 Å². The first-order chi connectivity index (χ1) is 10.9. The fraction of sp³-hybridized carbons (Fsp3) is 0.400. The third kappa shape index (κ3) is 2.81. The number of rotatable bonds is 5. The van der Waals surface area contributed by atoms with Gasteiger partial charge in [-0.1, -0.05) is 24.3 Å². The Morgan fingerprint density at radius 2 is 2.04 bits per heavy atom. The average molecular weight is 322 g/mol. The maximum Gasteiger partial charge on any atom is 0.352 e. The Balaban J connectivity index is 1.61. The van der Waals surface area contributed by atoms with Gasteiger partial charge in [-0.3, -0.25) is 9.89 Å². The van der Waals surface area contributed by atoms with Crippen LogP contribution in [0.2, 0.25) is 0 Å². The van der Waals surface area contributed by atoms with E-state index in [0.717, 1.165) is 5.56 Å². The van der Waals surface area contributed by atoms with Gasteiger partial charge in [-0.2, -0.15) is 13.9 Å². The summed E-state index contributed by atoms with van der Waals surface area (Å²) in [6.07, 6.45) is 1.78. The second-order valence-corrected chi connectivity index (χ2v) is 5.67. The van der Waals surface area contributed by atoms with Crippen LogP contribution in [0.4, 0.5) is 8.78 Å². The number of nitrogens with zero attached hydrogens (tertiary/aromatic N) is 2. The number of carbonyl (C=O) groups is 1. The first kappa shape index (κ1) is 15.5. The number of nitrogens with one attached hydrogen (secondary N) is 2. The Morgan fingerprint density at radius 1 is 1.35 bits per heavy atom. The highest BCUT2D eigenvalue weighted by atomic mass is 19.3. The Hall–Kier alpha value is -2.35. The van der Waals surface area contributed by atoms with Crippen LogP contribution in [0.25, 0.3) is 11.4 Å². The summed E-state index contributed by atoms with van der Waals surface area (Å²) >= 11 is 0. The zero-order valence-electron chi connectivity index (χ0n) is 12.2. The average Bonchev–Trinajstić information content (AvgIpc) is 3.05. The van der Waals surface area contributed by atoms with Crippen molar-refractivity contribution >= 4 is 5.91 Å². The smallest absolute Gasteiger partial charge is 0.352 e. The van der Waals surface area contributed by atoms with E-state index in [4.69, 9.17) is 0 Å². The van der Waals surface area contributed by atoms with E-state index in [1.807, 2.05) is 0 Å². The lowest BCUT2D eigenvalue weighted by molar-refractivity contribution is -0.216. The van der Waals surface area contributed by atoms with Crippen LogP contribution in [0, 0.1) is 0 Å². The molecule has 122 valence electrons. The minimum atomic E-state index is -3.77. The molecule has 2 aromatic rings. The van der Waals surface area contributed by atoms with E-state index < -0.39 is 17.4 Å². The monoisotopic (exact) mass is 322 g/mol. The standard InChI is InChI=1S/C15H16F2N4O2/c16-15(17,14(23)6-1-7-14)13(22)18-8-10-2-4-11(5-3-10)12-19-9-20-21-12/h2-5,9,23H,1,6-8H2,(H,18,22)(H,19,20,21). The lowest BCUT2D eigenvalue weighted by atomic mass is 9.75. The number of halogens is 2. The molecule has 3 rings (SSSR count). The van der Waals surface area contributed by atoms with Crippen molar-refractivity contribution in [3.05, 3.63) is 36.2 Å². The molecule has 1 aliphatic carbocycles. The molecular weight excluding hydrogens is 306 g/mol. The molecule has 0 atom stereocenters. The van der Waals surface area contributed by atoms with E-state index in [9.17, 15) is 18.7 Å². The molecule has 1 saturated carbocycles. The summed E-state index contributed by atoms with van der Waals surface area (Å²) in [6.45, 7) is -0.0405. The van der Waals surface area contributed by atoms with Gasteiger partial charge >= 0.3 is 5.92 Å². The van der Waals surface area contributed by atoms with Crippen molar-refractivity contribution in [3.8, 4) is 11.4 Å². The predicted octanol–water partition coefficient (Wildman–Crippen LogP) is 1.64. The van der Waals surface area contributed by atoms with Crippen LogP contribution in [-0.4, -0.2) is 37.7 Å². The topological polar surface area (TPSA) is 90.9 Å². The Bertz CT molecular complexity index is 682. The van der Waals surface area contributed by atoms with Crippen LogP contribution in [0.15, 0.2) is 30.6 Å². The molecular formula is C15H16F2N4O2. The molecule has 1 heterocycles. The summed E-state index contributed by atoms with van der Waals surface area (Å²) < 4.78 is 27.8. The fourth-order valence-corrected chi connectivity index (χ4v) is 2.46. The molecule has 1 amide bonds. The first-order valence-corrected chi connectivity index (χ1v) is 7.25. The Labute approximate surface area is 130 Å². The molecule has 0 saturated heterocycles. The molecule has 6 nitrogen and oxygen atoms in total. The van der Waals surface area contributed by atoms with Gasteiger partial charge in [0.15, 0.2) is 5.82 Å². The highest BCUT2D eigenvalue weighted by molar-refractivity contribution is 5.85. The molecule has 0 bridgehead atoms. The van der Waals surface area contributed by atoms with Gasteiger partial charge in [0.05, 0.1) is 0 Å². The fourth-order valence-electron chi connectivity index (χ4n) is 2.46. The highest BCUT2D eigenvalue weighted by Gasteiger charge is 2.61. The third-order valence-electron chi connectivity index (χ3n) is 4.15. The van der Waals surface area contributed by atoms with Crippen LogP contribution in [0.1, 0.15) is 24.8 Å². The molecule has 8 heteroatoms. The summed E-state index contributed by atoms with van der Waals surface area (Å²) in [6, 6.07) is 6.90. The largest absolute Gasteiger partial charge is 0.383 e. The van der Waals surface area contributed by atoms with Gasteiger partial charge in [0.1, 0.15) is 11.9 Å². The van der Waals surface area contributed by atoms with Crippen molar-refractivity contribution < 1.29 is 18.7 Å². The summed E-state index contributed by atoms with van der Waals surface area (Å²) in [5.74, 6) is -4.62. The number of H-pyrrole nitrogens is 1. The predicted molar refractivity (Wildman–Crippen MR) is 77.4 cm³/mol. The van der Waals surface area contributed by atoms with Crippen molar-refractivity contribution in [1.29, 1.82) is 0 Å². The van der Waals surface area contributed by atoms with Crippen LogP contribution >= 0.6 is 0 Å². The third-order valence-corrected chi connectivity index (χ3v) is 4.15. The van der Waals surface area contributed by atoms with E-state index in [2.05, 4.69) is 20.5 Å². The van der Waals surface area contributed by atoms with Crippen LogP contribution in [-0.2, 0) is 11.3 Å². The molecule has 1 aromatic heterocycles. The van der Waals surface area contributed by atoms with Gasteiger partial charge in [-0.15, -0.1) is 0 Å². The minimum absolute atomic E-state index is 0.0405. The van der Waals surface area contributed by atoms with Crippen molar-refractivity contribution in [2.24, 2.45) is 0 Å². The maximum absolute atomic E-state index is 13.9. The van der Waals surface area contributed by atoms with E-state index in [-0.39, 0.29) is 19.4 Å².